The fourth-order valence-electron chi connectivity index (χ4n) is 2.92. The number of imide groups is 1. The molecule has 1 aromatic rings. The summed E-state index contributed by atoms with van der Waals surface area (Å²) in [5, 5.41) is 5.15. The number of nitrogens with zero attached hydrogens (tertiary/aromatic N) is 2. The van der Waals surface area contributed by atoms with Crippen molar-refractivity contribution in [2.45, 2.75) is 39.3 Å². The Hall–Kier alpha value is -1.92. The molecular weight excluding hydrogens is 316 g/mol. The van der Waals surface area contributed by atoms with Gasteiger partial charge in [-0.1, -0.05) is 30.3 Å². The molecule has 0 aliphatic carbocycles. The van der Waals surface area contributed by atoms with Crippen molar-refractivity contribution < 1.29 is 9.59 Å². The van der Waals surface area contributed by atoms with E-state index in [-0.39, 0.29) is 18.0 Å². The lowest BCUT2D eigenvalue weighted by Gasteiger charge is -2.23. The van der Waals surface area contributed by atoms with Crippen molar-refractivity contribution in [3.05, 3.63) is 35.9 Å². The van der Waals surface area contributed by atoms with Gasteiger partial charge in [0.15, 0.2) is 0 Å². The average Bonchev–Trinajstić information content (AvgIpc) is 2.71. The van der Waals surface area contributed by atoms with E-state index in [0.29, 0.717) is 0 Å². The van der Waals surface area contributed by atoms with Crippen LogP contribution in [0.5, 0.6) is 0 Å². The normalized spacial score (nSPS) is 16.9. The molecule has 1 heterocycles. The van der Waals surface area contributed by atoms with E-state index in [4.69, 9.17) is 0 Å². The molecule has 0 saturated carbocycles. The van der Waals surface area contributed by atoms with E-state index in [1.54, 1.807) is 0 Å². The van der Waals surface area contributed by atoms with Gasteiger partial charge in [-0.05, 0) is 45.8 Å². The summed E-state index contributed by atoms with van der Waals surface area (Å²) >= 11 is 0. The molecule has 0 spiro atoms. The molecular formula is C19H30N4O2. The number of urea groups is 1. The number of hydrogen-bond donors (Lipinski definition) is 2. The summed E-state index contributed by atoms with van der Waals surface area (Å²) in [6.07, 6.45) is 1.02. The zero-order chi connectivity index (χ0) is 18.3. The SMILES string of the molecule is CC(C)(C)NC(=O)NC(=O)CN1CCCN(Cc2ccccc2)CC1. The summed E-state index contributed by atoms with van der Waals surface area (Å²) in [5.41, 5.74) is 0.956. The Morgan fingerprint density at radius 3 is 2.32 bits per heavy atom. The fraction of sp³-hybridized carbons (Fsp3) is 0.579. The van der Waals surface area contributed by atoms with E-state index >= 15 is 0 Å². The molecule has 1 saturated heterocycles. The molecule has 0 radical (unpaired) electrons. The first-order chi connectivity index (χ1) is 11.8. The molecule has 25 heavy (non-hydrogen) atoms. The van der Waals surface area contributed by atoms with Crippen LogP contribution in [0.3, 0.4) is 0 Å². The summed E-state index contributed by atoms with van der Waals surface area (Å²) in [6.45, 7) is 10.5. The minimum Gasteiger partial charge on any atom is -0.333 e. The quantitative estimate of drug-likeness (QED) is 0.873. The third-order valence-corrected chi connectivity index (χ3v) is 4.04. The van der Waals surface area contributed by atoms with Crippen molar-refractivity contribution in [1.29, 1.82) is 0 Å². The Bertz CT molecular complexity index is 569. The highest BCUT2D eigenvalue weighted by Gasteiger charge is 2.20. The zero-order valence-corrected chi connectivity index (χ0v) is 15.5. The van der Waals surface area contributed by atoms with Gasteiger partial charge in [0, 0.05) is 25.2 Å². The Balaban J connectivity index is 1.75. The number of carbonyl (C=O) groups is 2. The standard InChI is InChI=1S/C19H30N4O2/c1-19(2,3)21-18(25)20-17(24)15-23-11-7-10-22(12-13-23)14-16-8-5-4-6-9-16/h4-6,8-9H,7,10-15H2,1-3H3,(H2,20,21,24,25). The molecule has 1 aliphatic rings. The molecule has 6 nitrogen and oxygen atoms in total. The van der Waals surface area contributed by atoms with E-state index < -0.39 is 6.03 Å². The van der Waals surface area contributed by atoms with Gasteiger partial charge in [0.25, 0.3) is 0 Å². The third kappa shape index (κ3) is 7.67. The van der Waals surface area contributed by atoms with Crippen LogP contribution in [0.1, 0.15) is 32.8 Å². The molecule has 0 bridgehead atoms. The van der Waals surface area contributed by atoms with Crippen LogP contribution in [-0.2, 0) is 11.3 Å². The average molecular weight is 346 g/mol. The van der Waals surface area contributed by atoms with Crippen molar-refractivity contribution in [2.75, 3.05) is 32.7 Å². The highest BCUT2D eigenvalue weighted by atomic mass is 16.2. The number of hydrogen-bond acceptors (Lipinski definition) is 4. The van der Waals surface area contributed by atoms with Crippen LogP contribution in [0.2, 0.25) is 0 Å². The molecule has 2 rings (SSSR count). The van der Waals surface area contributed by atoms with Gasteiger partial charge in [-0.25, -0.2) is 4.79 Å². The largest absolute Gasteiger partial charge is 0.333 e. The summed E-state index contributed by atoms with van der Waals surface area (Å²) in [4.78, 5) is 28.4. The monoisotopic (exact) mass is 346 g/mol. The summed E-state index contributed by atoms with van der Waals surface area (Å²) in [6, 6.07) is 10.0. The van der Waals surface area contributed by atoms with Crippen LogP contribution in [0.25, 0.3) is 0 Å². The Labute approximate surface area is 150 Å². The number of rotatable bonds is 4. The minimum absolute atomic E-state index is 0.252. The van der Waals surface area contributed by atoms with E-state index in [1.165, 1.54) is 5.56 Å². The van der Waals surface area contributed by atoms with Gasteiger partial charge < -0.3 is 5.32 Å². The van der Waals surface area contributed by atoms with Gasteiger partial charge in [0.05, 0.1) is 6.54 Å². The van der Waals surface area contributed by atoms with E-state index in [2.05, 4.69) is 44.7 Å². The van der Waals surface area contributed by atoms with Crippen LogP contribution in [0, 0.1) is 0 Å². The third-order valence-electron chi connectivity index (χ3n) is 4.04. The summed E-state index contributed by atoms with van der Waals surface area (Å²) < 4.78 is 0. The molecule has 0 unspecified atom stereocenters. The zero-order valence-electron chi connectivity index (χ0n) is 15.5. The minimum atomic E-state index is -0.432. The van der Waals surface area contributed by atoms with Gasteiger partial charge in [-0.2, -0.15) is 0 Å². The maximum absolute atomic E-state index is 12.1. The maximum Gasteiger partial charge on any atom is 0.321 e. The lowest BCUT2D eigenvalue weighted by molar-refractivity contribution is -0.121. The van der Waals surface area contributed by atoms with Crippen molar-refractivity contribution in [1.82, 2.24) is 20.4 Å². The van der Waals surface area contributed by atoms with E-state index in [0.717, 1.165) is 39.1 Å². The number of benzene rings is 1. The van der Waals surface area contributed by atoms with Gasteiger partial charge >= 0.3 is 6.03 Å². The van der Waals surface area contributed by atoms with E-state index in [9.17, 15) is 9.59 Å². The molecule has 2 N–H and O–H groups in total. The molecule has 6 heteroatoms. The van der Waals surface area contributed by atoms with Crippen LogP contribution < -0.4 is 10.6 Å². The van der Waals surface area contributed by atoms with Gasteiger partial charge in [-0.15, -0.1) is 0 Å². The second kappa shape index (κ2) is 8.97. The highest BCUT2D eigenvalue weighted by molar-refractivity contribution is 5.95. The van der Waals surface area contributed by atoms with Crippen molar-refractivity contribution in [2.24, 2.45) is 0 Å². The second-order valence-corrected chi connectivity index (χ2v) is 7.64. The first kappa shape index (κ1) is 19.4. The van der Waals surface area contributed by atoms with E-state index in [1.807, 2.05) is 26.8 Å². The van der Waals surface area contributed by atoms with Crippen LogP contribution in [0.4, 0.5) is 4.79 Å². The van der Waals surface area contributed by atoms with Crippen molar-refractivity contribution in [3.63, 3.8) is 0 Å². The molecule has 0 atom stereocenters. The topological polar surface area (TPSA) is 64.7 Å². The summed E-state index contributed by atoms with van der Waals surface area (Å²) in [7, 11) is 0. The lowest BCUT2D eigenvalue weighted by Crippen LogP contribution is -2.50. The van der Waals surface area contributed by atoms with Gasteiger partial charge in [0.1, 0.15) is 0 Å². The number of carbonyl (C=O) groups excluding carboxylic acids is 2. The maximum atomic E-state index is 12.1. The van der Waals surface area contributed by atoms with Crippen LogP contribution in [-0.4, -0.2) is 60.0 Å². The Kier molecular flexibility index (Phi) is 6.96. The lowest BCUT2D eigenvalue weighted by atomic mass is 10.1. The van der Waals surface area contributed by atoms with Gasteiger partial charge in [-0.3, -0.25) is 19.9 Å². The van der Waals surface area contributed by atoms with Crippen molar-refractivity contribution in [3.8, 4) is 0 Å². The molecule has 1 fully saturated rings. The smallest absolute Gasteiger partial charge is 0.321 e. The number of nitrogens with one attached hydrogen (secondary N) is 2. The highest BCUT2D eigenvalue weighted by Crippen LogP contribution is 2.08. The fourth-order valence-corrected chi connectivity index (χ4v) is 2.92. The van der Waals surface area contributed by atoms with Crippen LogP contribution in [0.15, 0.2) is 30.3 Å². The molecule has 3 amide bonds. The second-order valence-electron chi connectivity index (χ2n) is 7.64. The predicted molar refractivity (Wildman–Crippen MR) is 99.2 cm³/mol. The van der Waals surface area contributed by atoms with Crippen molar-refractivity contribution >= 4 is 11.9 Å². The Morgan fingerprint density at radius 2 is 1.64 bits per heavy atom. The predicted octanol–water partition coefficient (Wildman–Crippen LogP) is 1.82. The van der Waals surface area contributed by atoms with Gasteiger partial charge in [0.2, 0.25) is 5.91 Å². The summed E-state index contributed by atoms with van der Waals surface area (Å²) in [5.74, 6) is -0.252. The molecule has 1 aromatic carbocycles. The molecule has 1 aliphatic heterocycles. The van der Waals surface area contributed by atoms with Crippen LogP contribution >= 0.6 is 0 Å². The molecule has 0 aromatic heterocycles. The first-order valence-electron chi connectivity index (χ1n) is 8.92. The Morgan fingerprint density at radius 1 is 1.00 bits per heavy atom. The first-order valence-corrected chi connectivity index (χ1v) is 8.92. The molecule has 138 valence electrons. The number of amides is 3.